The van der Waals surface area contributed by atoms with Crippen LogP contribution in [0, 0.1) is 5.92 Å². The summed E-state index contributed by atoms with van der Waals surface area (Å²) in [6.45, 7) is 3.07. The molecular formula is C16H21N3. The Hall–Kier alpha value is -1.61. The fraction of sp³-hybridized carbons (Fsp3) is 0.438. The predicted molar refractivity (Wildman–Crippen MR) is 77.0 cm³/mol. The Morgan fingerprint density at radius 1 is 1.37 bits per heavy atom. The van der Waals surface area contributed by atoms with Crippen molar-refractivity contribution in [2.24, 2.45) is 5.92 Å². The van der Waals surface area contributed by atoms with E-state index >= 15 is 0 Å². The lowest BCUT2D eigenvalue weighted by molar-refractivity contribution is 0.410. The molecule has 0 bridgehead atoms. The molecule has 0 saturated heterocycles. The van der Waals surface area contributed by atoms with Gasteiger partial charge in [-0.15, -0.1) is 0 Å². The van der Waals surface area contributed by atoms with Crippen LogP contribution in [-0.2, 0) is 19.4 Å². The van der Waals surface area contributed by atoms with Crippen LogP contribution >= 0.6 is 0 Å². The van der Waals surface area contributed by atoms with Crippen LogP contribution in [0.25, 0.3) is 0 Å². The normalized spacial score (nSPS) is 21.6. The minimum atomic E-state index is 0.473. The summed E-state index contributed by atoms with van der Waals surface area (Å²) in [6, 6.07) is 9.27. The van der Waals surface area contributed by atoms with Crippen molar-refractivity contribution in [3.05, 3.63) is 53.3 Å². The highest BCUT2D eigenvalue weighted by atomic mass is 15.3. The first-order chi connectivity index (χ1) is 9.31. The molecule has 1 aliphatic carbocycles. The Kier molecular flexibility index (Phi) is 3.38. The van der Waals surface area contributed by atoms with Crippen molar-refractivity contribution in [3.8, 4) is 0 Å². The molecule has 1 heterocycles. The molecule has 100 valence electrons. The molecule has 1 aromatic carbocycles. The monoisotopic (exact) mass is 255 g/mol. The molecule has 0 fully saturated rings. The molecule has 0 spiro atoms. The fourth-order valence-electron chi connectivity index (χ4n) is 3.25. The van der Waals surface area contributed by atoms with Crippen molar-refractivity contribution < 1.29 is 0 Å². The van der Waals surface area contributed by atoms with Crippen LogP contribution in [0.1, 0.15) is 29.7 Å². The standard InChI is InChI=1S/C16H21N3/c1-3-19-11-12(10-18-19)8-14-9-13-6-4-5-7-15(13)16(14)17-2/h4-7,10-11,14,16-17H,3,8-9H2,1-2H3. The maximum atomic E-state index is 4.37. The third-order valence-corrected chi connectivity index (χ3v) is 4.16. The van der Waals surface area contributed by atoms with Gasteiger partial charge in [-0.25, -0.2) is 0 Å². The molecule has 0 amide bonds. The number of nitrogens with one attached hydrogen (secondary N) is 1. The van der Waals surface area contributed by atoms with E-state index in [2.05, 4.69) is 54.8 Å². The van der Waals surface area contributed by atoms with Gasteiger partial charge in [0.25, 0.3) is 0 Å². The summed E-state index contributed by atoms with van der Waals surface area (Å²) < 4.78 is 2.01. The Morgan fingerprint density at radius 3 is 2.95 bits per heavy atom. The van der Waals surface area contributed by atoms with E-state index in [-0.39, 0.29) is 0 Å². The molecule has 2 atom stereocenters. The summed E-state index contributed by atoms with van der Waals surface area (Å²) in [4.78, 5) is 0. The van der Waals surface area contributed by atoms with Crippen LogP contribution in [0.3, 0.4) is 0 Å². The molecule has 3 rings (SSSR count). The van der Waals surface area contributed by atoms with Gasteiger partial charge in [-0.05, 0) is 49.4 Å². The van der Waals surface area contributed by atoms with E-state index in [1.165, 1.54) is 23.1 Å². The maximum Gasteiger partial charge on any atom is 0.0521 e. The number of aromatic nitrogens is 2. The number of hydrogen-bond donors (Lipinski definition) is 1. The molecule has 2 aromatic rings. The Morgan fingerprint density at radius 2 is 2.21 bits per heavy atom. The summed E-state index contributed by atoms with van der Waals surface area (Å²) in [5.74, 6) is 0.636. The number of fused-ring (bicyclic) bond motifs is 1. The zero-order valence-electron chi connectivity index (χ0n) is 11.6. The molecule has 19 heavy (non-hydrogen) atoms. The molecule has 0 saturated carbocycles. The molecule has 1 aromatic heterocycles. The fourth-order valence-corrected chi connectivity index (χ4v) is 3.25. The molecule has 0 aliphatic heterocycles. The van der Waals surface area contributed by atoms with Gasteiger partial charge in [-0.2, -0.15) is 5.10 Å². The quantitative estimate of drug-likeness (QED) is 0.910. The van der Waals surface area contributed by atoms with Gasteiger partial charge in [-0.3, -0.25) is 4.68 Å². The van der Waals surface area contributed by atoms with Gasteiger partial charge in [-0.1, -0.05) is 24.3 Å². The molecular weight excluding hydrogens is 234 g/mol. The summed E-state index contributed by atoms with van der Waals surface area (Å²) in [5, 5.41) is 7.86. The molecule has 0 radical (unpaired) electrons. The lowest BCUT2D eigenvalue weighted by Gasteiger charge is -2.19. The lowest BCUT2D eigenvalue weighted by atomic mass is 9.94. The Labute approximate surface area is 114 Å². The average molecular weight is 255 g/mol. The largest absolute Gasteiger partial charge is 0.313 e. The molecule has 1 aliphatic rings. The highest BCUT2D eigenvalue weighted by molar-refractivity contribution is 5.36. The van der Waals surface area contributed by atoms with Gasteiger partial charge in [0.05, 0.1) is 6.20 Å². The second-order valence-electron chi connectivity index (χ2n) is 5.34. The number of nitrogens with zero attached hydrogens (tertiary/aromatic N) is 2. The van der Waals surface area contributed by atoms with Gasteiger partial charge >= 0.3 is 0 Å². The molecule has 3 nitrogen and oxygen atoms in total. The Balaban J connectivity index is 1.79. The van der Waals surface area contributed by atoms with E-state index < -0.39 is 0 Å². The van der Waals surface area contributed by atoms with Crippen molar-refractivity contribution in [1.29, 1.82) is 0 Å². The van der Waals surface area contributed by atoms with E-state index in [0.29, 0.717) is 12.0 Å². The summed E-state index contributed by atoms with van der Waals surface area (Å²) >= 11 is 0. The highest BCUT2D eigenvalue weighted by Crippen LogP contribution is 2.37. The van der Waals surface area contributed by atoms with E-state index in [4.69, 9.17) is 0 Å². The minimum absolute atomic E-state index is 0.473. The molecule has 1 N–H and O–H groups in total. The van der Waals surface area contributed by atoms with E-state index in [1.54, 1.807) is 0 Å². The first-order valence-electron chi connectivity index (χ1n) is 7.08. The van der Waals surface area contributed by atoms with Crippen molar-refractivity contribution in [2.75, 3.05) is 7.05 Å². The number of aryl methyl sites for hydroxylation is 1. The predicted octanol–water partition coefficient (Wildman–Crippen LogP) is 2.58. The third-order valence-electron chi connectivity index (χ3n) is 4.16. The first-order valence-corrected chi connectivity index (χ1v) is 7.08. The Bertz CT molecular complexity index is 559. The van der Waals surface area contributed by atoms with Crippen LogP contribution in [-0.4, -0.2) is 16.8 Å². The summed E-state index contributed by atoms with van der Waals surface area (Å²) in [5.41, 5.74) is 4.31. The van der Waals surface area contributed by atoms with E-state index in [0.717, 1.165) is 13.0 Å². The van der Waals surface area contributed by atoms with Crippen molar-refractivity contribution >= 4 is 0 Å². The zero-order chi connectivity index (χ0) is 13.2. The summed E-state index contributed by atoms with van der Waals surface area (Å²) in [6.07, 6.45) is 6.45. The maximum absolute atomic E-state index is 4.37. The highest BCUT2D eigenvalue weighted by Gasteiger charge is 2.31. The van der Waals surface area contributed by atoms with Gasteiger partial charge in [0.1, 0.15) is 0 Å². The van der Waals surface area contributed by atoms with E-state index in [1.807, 2.05) is 10.9 Å². The lowest BCUT2D eigenvalue weighted by Crippen LogP contribution is -2.23. The van der Waals surface area contributed by atoms with Crippen LogP contribution in [0.2, 0.25) is 0 Å². The average Bonchev–Trinajstić information content (AvgIpc) is 3.02. The molecule has 2 unspecified atom stereocenters. The first kappa shape index (κ1) is 12.4. The van der Waals surface area contributed by atoms with Crippen LogP contribution in [0.5, 0.6) is 0 Å². The van der Waals surface area contributed by atoms with E-state index in [9.17, 15) is 0 Å². The number of rotatable bonds is 4. The van der Waals surface area contributed by atoms with Gasteiger partial charge in [0, 0.05) is 18.8 Å². The van der Waals surface area contributed by atoms with Crippen LogP contribution in [0.4, 0.5) is 0 Å². The van der Waals surface area contributed by atoms with Crippen molar-refractivity contribution in [1.82, 2.24) is 15.1 Å². The zero-order valence-corrected chi connectivity index (χ0v) is 11.6. The van der Waals surface area contributed by atoms with Crippen molar-refractivity contribution in [3.63, 3.8) is 0 Å². The topological polar surface area (TPSA) is 29.9 Å². The van der Waals surface area contributed by atoms with Crippen LogP contribution < -0.4 is 5.32 Å². The van der Waals surface area contributed by atoms with Crippen LogP contribution in [0.15, 0.2) is 36.7 Å². The second-order valence-corrected chi connectivity index (χ2v) is 5.34. The third kappa shape index (κ3) is 2.30. The SMILES string of the molecule is CCn1cc(CC2Cc3ccccc3C2NC)cn1. The smallest absolute Gasteiger partial charge is 0.0521 e. The number of benzene rings is 1. The molecule has 3 heteroatoms. The second kappa shape index (κ2) is 5.17. The van der Waals surface area contributed by atoms with Gasteiger partial charge < -0.3 is 5.32 Å². The van der Waals surface area contributed by atoms with Crippen molar-refractivity contribution in [2.45, 2.75) is 32.4 Å². The summed E-state index contributed by atoms with van der Waals surface area (Å²) in [7, 11) is 2.06. The van der Waals surface area contributed by atoms with Gasteiger partial charge in [0.2, 0.25) is 0 Å². The number of hydrogen-bond acceptors (Lipinski definition) is 2. The van der Waals surface area contributed by atoms with Gasteiger partial charge in [0.15, 0.2) is 0 Å². The minimum Gasteiger partial charge on any atom is -0.313 e.